The number of hydrogen-bond acceptors (Lipinski definition) is 4. The van der Waals surface area contributed by atoms with E-state index in [0.717, 1.165) is 10.8 Å². The van der Waals surface area contributed by atoms with E-state index in [2.05, 4.69) is 15.3 Å². The normalized spacial score (nSPS) is 10.4. The molecule has 1 heterocycles. The fourth-order valence-corrected chi connectivity index (χ4v) is 3.10. The Morgan fingerprint density at radius 1 is 1.20 bits per heavy atom. The van der Waals surface area contributed by atoms with Crippen molar-refractivity contribution in [2.75, 3.05) is 5.32 Å². The minimum Gasteiger partial charge on any atom is -0.506 e. The maximum Gasteiger partial charge on any atom is 0.259 e. The van der Waals surface area contributed by atoms with Crippen LogP contribution in [0.3, 0.4) is 0 Å². The van der Waals surface area contributed by atoms with Gasteiger partial charge in [0.05, 0.1) is 21.0 Å². The van der Waals surface area contributed by atoms with Crippen molar-refractivity contribution in [1.29, 1.82) is 0 Å². The van der Waals surface area contributed by atoms with E-state index >= 15 is 0 Å². The van der Waals surface area contributed by atoms with Crippen molar-refractivity contribution in [3.8, 4) is 5.75 Å². The van der Waals surface area contributed by atoms with Gasteiger partial charge >= 0.3 is 0 Å². The van der Waals surface area contributed by atoms with Crippen LogP contribution in [0.4, 0.5) is 11.5 Å². The molecule has 0 fully saturated rings. The number of hydrogen-bond donors (Lipinski definition) is 4. The summed E-state index contributed by atoms with van der Waals surface area (Å²) in [4.78, 5) is 20.4. The van der Waals surface area contributed by atoms with E-state index in [4.69, 9.17) is 11.5 Å². The molecule has 0 aliphatic carbocycles. The van der Waals surface area contributed by atoms with Gasteiger partial charge in [0.25, 0.3) is 5.91 Å². The number of guanidine groups is 1. The highest BCUT2D eigenvalue weighted by Gasteiger charge is 2.17. The topological polar surface area (TPSA) is 127 Å². The van der Waals surface area contributed by atoms with E-state index in [1.807, 2.05) is 46.9 Å². The first kappa shape index (κ1) is 17.0. The molecule has 0 unspecified atom stereocenters. The highest BCUT2D eigenvalue weighted by molar-refractivity contribution is 14.1. The van der Waals surface area contributed by atoms with E-state index in [0.29, 0.717) is 15.1 Å². The number of aromatic hydroxyl groups is 1. The minimum atomic E-state index is -0.433. The molecule has 0 atom stereocenters. The molecule has 7 nitrogen and oxygen atoms in total. The monoisotopic (exact) mass is 447 g/mol. The quantitative estimate of drug-likeness (QED) is 0.279. The Balaban J connectivity index is 1.90. The zero-order chi connectivity index (χ0) is 18.0. The predicted octanol–water partition coefficient (Wildman–Crippen LogP) is 2.70. The predicted molar refractivity (Wildman–Crippen MR) is 106 cm³/mol. The summed E-state index contributed by atoms with van der Waals surface area (Å²) in [7, 11) is 0. The Labute approximate surface area is 156 Å². The second-order valence-corrected chi connectivity index (χ2v) is 6.28. The van der Waals surface area contributed by atoms with Crippen molar-refractivity contribution in [2.45, 2.75) is 0 Å². The number of nitrogens with zero attached hydrogens (tertiary/aromatic N) is 2. The Kier molecular flexibility index (Phi) is 4.70. The van der Waals surface area contributed by atoms with Gasteiger partial charge < -0.3 is 21.9 Å². The molecule has 6 N–H and O–H groups in total. The number of phenolic OH excluding ortho intramolecular Hbond substituents is 1. The van der Waals surface area contributed by atoms with Crippen molar-refractivity contribution in [3.63, 3.8) is 0 Å². The van der Waals surface area contributed by atoms with E-state index in [1.165, 1.54) is 6.20 Å². The second kappa shape index (κ2) is 6.93. The van der Waals surface area contributed by atoms with Gasteiger partial charge in [0.15, 0.2) is 11.8 Å². The molecule has 1 aromatic heterocycles. The zero-order valence-electron chi connectivity index (χ0n) is 12.9. The molecule has 25 heavy (non-hydrogen) atoms. The average Bonchev–Trinajstić information content (AvgIpc) is 2.59. The summed E-state index contributed by atoms with van der Waals surface area (Å²) in [6.07, 6.45) is 1.43. The molecule has 1 amide bonds. The summed E-state index contributed by atoms with van der Waals surface area (Å²) in [5.41, 5.74) is 11.2. The third-order valence-electron chi connectivity index (χ3n) is 3.45. The first-order valence-corrected chi connectivity index (χ1v) is 8.31. The van der Waals surface area contributed by atoms with Crippen molar-refractivity contribution < 1.29 is 9.90 Å². The molecule has 0 saturated heterocycles. The number of benzene rings is 2. The standard InChI is InChI=1S/C17H14IN5O2/c18-14-11-4-2-1-3-9(11)7-12(15(14)24)16(25)22-10-5-6-13(21-8-10)23-17(19)20/h1-8,24H,(H,22,25)(H4,19,20,21,23). The Bertz CT molecular complexity index is 982. The van der Waals surface area contributed by atoms with Crippen LogP contribution in [0.1, 0.15) is 10.4 Å². The molecule has 0 spiro atoms. The lowest BCUT2D eigenvalue weighted by atomic mass is 10.1. The van der Waals surface area contributed by atoms with Gasteiger partial charge in [-0.3, -0.25) is 4.79 Å². The molecule has 2 aromatic carbocycles. The van der Waals surface area contributed by atoms with E-state index in [-0.39, 0.29) is 17.3 Å². The Hall–Kier alpha value is -2.88. The Morgan fingerprint density at radius 2 is 1.96 bits per heavy atom. The minimum absolute atomic E-state index is 0.0538. The maximum atomic E-state index is 12.5. The summed E-state index contributed by atoms with van der Waals surface area (Å²) in [6, 6.07) is 12.4. The second-order valence-electron chi connectivity index (χ2n) is 5.20. The molecular formula is C17H14IN5O2. The molecule has 126 valence electrons. The number of anilines is 1. The van der Waals surface area contributed by atoms with Gasteiger partial charge in [0.1, 0.15) is 5.75 Å². The summed E-state index contributed by atoms with van der Waals surface area (Å²) in [5, 5.41) is 14.8. The van der Waals surface area contributed by atoms with Crippen LogP contribution in [-0.2, 0) is 0 Å². The summed E-state index contributed by atoms with van der Waals surface area (Å²) < 4.78 is 0.627. The van der Waals surface area contributed by atoms with E-state index in [9.17, 15) is 9.90 Å². The molecule has 0 bridgehead atoms. The number of halogens is 1. The maximum absolute atomic E-state index is 12.5. The van der Waals surface area contributed by atoms with Crippen molar-refractivity contribution in [1.82, 2.24) is 4.98 Å². The highest BCUT2D eigenvalue weighted by Crippen LogP contribution is 2.32. The van der Waals surface area contributed by atoms with Gasteiger partial charge in [-0.25, -0.2) is 4.98 Å². The van der Waals surface area contributed by atoms with Crippen molar-refractivity contribution in [3.05, 3.63) is 57.8 Å². The van der Waals surface area contributed by atoms with Gasteiger partial charge in [0.2, 0.25) is 0 Å². The SMILES string of the molecule is NC(N)=Nc1ccc(NC(=O)c2cc3ccccc3c(I)c2O)cn1. The number of nitrogens with two attached hydrogens (primary N) is 2. The first-order valence-electron chi connectivity index (χ1n) is 7.23. The first-order chi connectivity index (χ1) is 12.0. The fraction of sp³-hybridized carbons (Fsp3) is 0. The number of pyridine rings is 1. The number of fused-ring (bicyclic) bond motifs is 1. The van der Waals surface area contributed by atoms with Gasteiger partial charge in [-0.2, -0.15) is 4.99 Å². The third kappa shape index (κ3) is 3.63. The van der Waals surface area contributed by atoms with Gasteiger partial charge in [-0.15, -0.1) is 0 Å². The van der Waals surface area contributed by atoms with E-state index in [1.54, 1.807) is 18.2 Å². The molecule has 0 saturated carbocycles. The lowest BCUT2D eigenvalue weighted by Crippen LogP contribution is -2.22. The van der Waals surface area contributed by atoms with Crippen LogP contribution in [0.15, 0.2) is 53.7 Å². The number of aliphatic imine (C=N–C) groups is 1. The van der Waals surface area contributed by atoms with E-state index < -0.39 is 5.91 Å². The number of carbonyl (C=O) groups is 1. The van der Waals surface area contributed by atoms with Gasteiger partial charge in [-0.05, 0) is 51.6 Å². The molecule has 8 heteroatoms. The molecular weight excluding hydrogens is 433 g/mol. The molecule has 0 aliphatic rings. The van der Waals surface area contributed by atoms with Crippen LogP contribution in [0.2, 0.25) is 0 Å². The smallest absolute Gasteiger partial charge is 0.259 e. The fourth-order valence-electron chi connectivity index (χ4n) is 2.32. The lowest BCUT2D eigenvalue weighted by Gasteiger charge is -2.10. The zero-order valence-corrected chi connectivity index (χ0v) is 15.1. The number of nitrogens with one attached hydrogen (secondary N) is 1. The molecule has 3 rings (SSSR count). The highest BCUT2D eigenvalue weighted by atomic mass is 127. The summed E-state index contributed by atoms with van der Waals surface area (Å²) in [6.45, 7) is 0. The van der Waals surface area contributed by atoms with Gasteiger partial charge in [0, 0.05) is 0 Å². The van der Waals surface area contributed by atoms with Crippen molar-refractivity contribution in [2.24, 2.45) is 16.5 Å². The van der Waals surface area contributed by atoms with Gasteiger partial charge in [-0.1, -0.05) is 24.3 Å². The van der Waals surface area contributed by atoms with Crippen LogP contribution < -0.4 is 16.8 Å². The van der Waals surface area contributed by atoms with Crippen molar-refractivity contribution >= 4 is 56.7 Å². The number of amides is 1. The van der Waals surface area contributed by atoms with Crippen LogP contribution >= 0.6 is 22.6 Å². The number of aromatic nitrogens is 1. The molecule has 3 aromatic rings. The number of rotatable bonds is 3. The van der Waals surface area contributed by atoms with Crippen LogP contribution in [0, 0.1) is 3.57 Å². The summed E-state index contributed by atoms with van der Waals surface area (Å²) >= 11 is 2.03. The third-order valence-corrected chi connectivity index (χ3v) is 4.55. The molecule has 0 radical (unpaired) electrons. The largest absolute Gasteiger partial charge is 0.506 e. The Morgan fingerprint density at radius 3 is 2.64 bits per heavy atom. The lowest BCUT2D eigenvalue weighted by molar-refractivity contribution is 0.102. The summed E-state index contributed by atoms with van der Waals surface area (Å²) in [5.74, 6) is -0.250. The van der Waals surface area contributed by atoms with Crippen LogP contribution in [0.5, 0.6) is 5.75 Å². The average molecular weight is 447 g/mol. The van der Waals surface area contributed by atoms with Crippen LogP contribution in [0.25, 0.3) is 10.8 Å². The molecule has 0 aliphatic heterocycles. The number of phenols is 1. The van der Waals surface area contributed by atoms with Crippen LogP contribution in [-0.4, -0.2) is 22.0 Å². The number of carbonyl (C=O) groups excluding carboxylic acids is 1.